The van der Waals surface area contributed by atoms with Crippen LogP contribution in [0.1, 0.15) is 45.5 Å². The van der Waals surface area contributed by atoms with Crippen molar-refractivity contribution in [3.05, 3.63) is 23.8 Å². The van der Waals surface area contributed by atoms with Gasteiger partial charge in [0.25, 0.3) is 0 Å². The van der Waals surface area contributed by atoms with Crippen LogP contribution in [0.5, 0.6) is 0 Å². The lowest BCUT2D eigenvalue weighted by molar-refractivity contribution is -0.146. The van der Waals surface area contributed by atoms with Gasteiger partial charge in [0.1, 0.15) is 0 Å². The quantitative estimate of drug-likeness (QED) is 0.717. The predicted octanol–water partition coefficient (Wildman–Crippen LogP) is 2.30. The average molecular weight is 279 g/mol. The zero-order valence-electron chi connectivity index (χ0n) is 13.1. The number of nitrogens with zero attached hydrogens (tertiary/aromatic N) is 3. The minimum absolute atomic E-state index is 0.202. The minimum atomic E-state index is -0.492. The first-order valence-electron chi connectivity index (χ1n) is 7.18. The summed E-state index contributed by atoms with van der Waals surface area (Å²) < 4.78 is 5.12. The SMILES string of the molecule is CCOC(=O)CC(C)(c1nccnc1C)N(CC)CC. The molecule has 0 aliphatic heterocycles. The molecule has 1 rings (SSSR count). The zero-order valence-corrected chi connectivity index (χ0v) is 13.1. The summed E-state index contributed by atoms with van der Waals surface area (Å²) in [6.07, 6.45) is 3.63. The van der Waals surface area contributed by atoms with E-state index in [-0.39, 0.29) is 12.4 Å². The van der Waals surface area contributed by atoms with Gasteiger partial charge in [-0.3, -0.25) is 19.7 Å². The van der Waals surface area contributed by atoms with Crippen LogP contribution in [-0.4, -0.2) is 40.5 Å². The van der Waals surface area contributed by atoms with Gasteiger partial charge in [-0.05, 0) is 33.9 Å². The molecule has 112 valence electrons. The fraction of sp³-hybridized carbons (Fsp3) is 0.667. The summed E-state index contributed by atoms with van der Waals surface area (Å²) in [6.45, 7) is 12.0. The molecule has 1 heterocycles. The van der Waals surface area contributed by atoms with Crippen LogP contribution in [0.3, 0.4) is 0 Å². The third-order valence-electron chi connectivity index (χ3n) is 3.65. The van der Waals surface area contributed by atoms with Gasteiger partial charge < -0.3 is 4.74 Å². The normalized spacial score (nSPS) is 14.1. The summed E-state index contributed by atoms with van der Waals surface area (Å²) in [5, 5.41) is 0. The number of hydrogen-bond donors (Lipinski definition) is 0. The predicted molar refractivity (Wildman–Crippen MR) is 78.3 cm³/mol. The Hall–Kier alpha value is -1.49. The van der Waals surface area contributed by atoms with Crippen molar-refractivity contribution in [1.29, 1.82) is 0 Å². The zero-order chi connectivity index (χ0) is 15.2. The van der Waals surface area contributed by atoms with Crippen molar-refractivity contribution < 1.29 is 9.53 Å². The van der Waals surface area contributed by atoms with Gasteiger partial charge in [-0.2, -0.15) is 0 Å². The smallest absolute Gasteiger partial charge is 0.308 e. The van der Waals surface area contributed by atoms with Crippen molar-refractivity contribution in [1.82, 2.24) is 14.9 Å². The Morgan fingerprint density at radius 3 is 2.35 bits per heavy atom. The van der Waals surface area contributed by atoms with Crippen LogP contribution < -0.4 is 0 Å². The maximum Gasteiger partial charge on any atom is 0.308 e. The molecule has 0 aromatic carbocycles. The molecule has 0 bridgehead atoms. The number of aryl methyl sites for hydroxylation is 1. The highest BCUT2D eigenvalue weighted by Gasteiger charge is 2.38. The van der Waals surface area contributed by atoms with Gasteiger partial charge in [0.2, 0.25) is 0 Å². The van der Waals surface area contributed by atoms with Gasteiger partial charge in [-0.15, -0.1) is 0 Å². The van der Waals surface area contributed by atoms with E-state index in [9.17, 15) is 4.79 Å². The summed E-state index contributed by atoms with van der Waals surface area (Å²) in [7, 11) is 0. The molecule has 1 atom stereocenters. The van der Waals surface area contributed by atoms with E-state index >= 15 is 0 Å². The molecular formula is C15H25N3O2. The van der Waals surface area contributed by atoms with Gasteiger partial charge in [-0.1, -0.05) is 13.8 Å². The molecule has 0 amide bonds. The van der Waals surface area contributed by atoms with Crippen LogP contribution in [0.25, 0.3) is 0 Å². The van der Waals surface area contributed by atoms with Crippen LogP contribution in [0.4, 0.5) is 0 Å². The molecule has 0 aliphatic rings. The maximum absolute atomic E-state index is 12.0. The van der Waals surface area contributed by atoms with Crippen molar-refractivity contribution in [3.63, 3.8) is 0 Å². The van der Waals surface area contributed by atoms with Crippen molar-refractivity contribution in [2.75, 3.05) is 19.7 Å². The summed E-state index contributed by atoms with van der Waals surface area (Å²) in [6, 6.07) is 0. The van der Waals surface area contributed by atoms with Crippen molar-refractivity contribution >= 4 is 5.97 Å². The minimum Gasteiger partial charge on any atom is -0.466 e. The summed E-state index contributed by atoms with van der Waals surface area (Å²) >= 11 is 0. The van der Waals surface area contributed by atoms with Crippen LogP contribution in [0.2, 0.25) is 0 Å². The standard InChI is InChI=1S/C15H25N3O2/c1-6-18(7-2)15(5,11-13(19)20-8-3)14-12(4)16-9-10-17-14/h9-10H,6-8,11H2,1-5H3. The molecule has 0 saturated heterocycles. The lowest BCUT2D eigenvalue weighted by atomic mass is 9.89. The topological polar surface area (TPSA) is 55.3 Å². The summed E-state index contributed by atoms with van der Waals surface area (Å²) in [5.41, 5.74) is 1.21. The molecule has 5 nitrogen and oxygen atoms in total. The van der Waals surface area contributed by atoms with Crippen LogP contribution in [0, 0.1) is 6.92 Å². The largest absolute Gasteiger partial charge is 0.466 e. The molecular weight excluding hydrogens is 254 g/mol. The van der Waals surface area contributed by atoms with E-state index < -0.39 is 5.54 Å². The highest BCUT2D eigenvalue weighted by Crippen LogP contribution is 2.32. The summed E-state index contributed by atoms with van der Waals surface area (Å²) in [4.78, 5) is 23.0. The average Bonchev–Trinajstić information content (AvgIpc) is 2.40. The fourth-order valence-electron chi connectivity index (χ4n) is 2.70. The maximum atomic E-state index is 12.0. The Morgan fingerprint density at radius 2 is 1.85 bits per heavy atom. The highest BCUT2D eigenvalue weighted by atomic mass is 16.5. The third-order valence-corrected chi connectivity index (χ3v) is 3.65. The number of esters is 1. The Morgan fingerprint density at radius 1 is 1.25 bits per heavy atom. The van der Waals surface area contributed by atoms with E-state index in [1.807, 2.05) is 20.8 Å². The van der Waals surface area contributed by atoms with E-state index in [4.69, 9.17) is 4.74 Å². The van der Waals surface area contributed by atoms with Gasteiger partial charge in [0.05, 0.1) is 30.0 Å². The first-order chi connectivity index (χ1) is 9.49. The number of carbonyl (C=O) groups is 1. The Kier molecular flexibility index (Phi) is 6.07. The molecule has 0 spiro atoms. The monoisotopic (exact) mass is 279 g/mol. The Bertz CT molecular complexity index is 446. The lowest BCUT2D eigenvalue weighted by Gasteiger charge is -2.39. The molecule has 0 aliphatic carbocycles. The fourth-order valence-corrected chi connectivity index (χ4v) is 2.70. The van der Waals surface area contributed by atoms with Crippen molar-refractivity contribution in [3.8, 4) is 0 Å². The van der Waals surface area contributed by atoms with E-state index in [0.717, 1.165) is 24.5 Å². The molecule has 1 unspecified atom stereocenters. The number of ether oxygens (including phenoxy) is 1. The van der Waals surface area contributed by atoms with Crippen LogP contribution in [-0.2, 0) is 15.1 Å². The van der Waals surface area contributed by atoms with E-state index in [0.29, 0.717) is 6.61 Å². The van der Waals surface area contributed by atoms with Gasteiger partial charge in [-0.25, -0.2) is 0 Å². The van der Waals surface area contributed by atoms with Gasteiger partial charge >= 0.3 is 5.97 Å². The van der Waals surface area contributed by atoms with Gasteiger partial charge in [0.15, 0.2) is 0 Å². The van der Waals surface area contributed by atoms with E-state index in [2.05, 4.69) is 28.7 Å². The second-order valence-electron chi connectivity index (χ2n) is 4.92. The molecule has 5 heteroatoms. The molecule has 0 saturated carbocycles. The third kappa shape index (κ3) is 3.54. The second-order valence-corrected chi connectivity index (χ2v) is 4.92. The van der Waals surface area contributed by atoms with Crippen molar-refractivity contribution in [2.45, 2.75) is 46.6 Å². The Labute approximate surface area is 121 Å². The van der Waals surface area contributed by atoms with E-state index in [1.165, 1.54) is 0 Å². The molecule has 0 N–H and O–H groups in total. The second kappa shape index (κ2) is 7.33. The molecule has 1 aromatic heterocycles. The molecule has 1 aromatic rings. The number of aromatic nitrogens is 2. The van der Waals surface area contributed by atoms with Gasteiger partial charge in [0, 0.05) is 12.4 Å². The number of carbonyl (C=O) groups excluding carboxylic acids is 1. The van der Waals surface area contributed by atoms with Crippen LogP contribution >= 0.6 is 0 Å². The molecule has 0 fully saturated rings. The van der Waals surface area contributed by atoms with E-state index in [1.54, 1.807) is 12.4 Å². The molecule has 20 heavy (non-hydrogen) atoms. The first kappa shape index (κ1) is 16.6. The van der Waals surface area contributed by atoms with Crippen molar-refractivity contribution in [2.24, 2.45) is 0 Å². The number of hydrogen-bond acceptors (Lipinski definition) is 5. The Balaban J connectivity index is 3.20. The van der Waals surface area contributed by atoms with Crippen LogP contribution in [0.15, 0.2) is 12.4 Å². The molecule has 0 radical (unpaired) electrons. The lowest BCUT2D eigenvalue weighted by Crippen LogP contribution is -2.46. The number of rotatable bonds is 7. The first-order valence-corrected chi connectivity index (χ1v) is 7.18. The highest BCUT2D eigenvalue weighted by molar-refractivity contribution is 5.71. The summed E-state index contributed by atoms with van der Waals surface area (Å²) in [5.74, 6) is -0.202.